The fourth-order valence-corrected chi connectivity index (χ4v) is 5.25. The van der Waals surface area contributed by atoms with Crippen molar-refractivity contribution in [1.82, 2.24) is 4.31 Å². The van der Waals surface area contributed by atoms with Crippen LogP contribution in [0.5, 0.6) is 0 Å². The second-order valence-corrected chi connectivity index (χ2v) is 9.39. The number of hydrogen-bond donors (Lipinski definition) is 1. The third-order valence-corrected chi connectivity index (χ3v) is 7.26. The SMILES string of the molecule is Cc1ccc2c(CC(=O)Nc3ccc(C)c(S(=O)(=O)N4CCOCC4)c3)coc2c1. The van der Waals surface area contributed by atoms with Crippen LogP contribution in [0.4, 0.5) is 5.69 Å². The number of furan rings is 1. The summed E-state index contributed by atoms with van der Waals surface area (Å²) in [6.07, 6.45) is 1.72. The zero-order chi connectivity index (χ0) is 21.3. The number of rotatable bonds is 5. The van der Waals surface area contributed by atoms with Crippen molar-refractivity contribution < 1.29 is 22.4 Å². The molecule has 3 aromatic rings. The summed E-state index contributed by atoms with van der Waals surface area (Å²) in [5, 5.41) is 3.71. The van der Waals surface area contributed by atoms with Crippen molar-refractivity contribution in [3.05, 3.63) is 59.4 Å². The highest BCUT2D eigenvalue weighted by Gasteiger charge is 2.28. The highest BCUT2D eigenvalue weighted by molar-refractivity contribution is 7.89. The van der Waals surface area contributed by atoms with Crippen LogP contribution in [-0.2, 0) is 26.0 Å². The van der Waals surface area contributed by atoms with E-state index in [9.17, 15) is 13.2 Å². The number of carbonyl (C=O) groups excluding carboxylic acids is 1. The molecule has 0 bridgehead atoms. The molecule has 0 unspecified atom stereocenters. The van der Waals surface area contributed by atoms with Crippen molar-refractivity contribution in [2.45, 2.75) is 25.2 Å². The van der Waals surface area contributed by atoms with E-state index < -0.39 is 10.0 Å². The summed E-state index contributed by atoms with van der Waals surface area (Å²) in [4.78, 5) is 12.8. The predicted octanol–water partition coefficient (Wildman–Crippen LogP) is 3.25. The fourth-order valence-electron chi connectivity index (χ4n) is 3.59. The quantitative estimate of drug-likeness (QED) is 0.674. The van der Waals surface area contributed by atoms with Gasteiger partial charge in [0.15, 0.2) is 0 Å². The summed E-state index contributed by atoms with van der Waals surface area (Å²) in [6, 6.07) is 10.8. The number of sulfonamides is 1. The number of ether oxygens (including phenoxy) is 1. The minimum absolute atomic E-state index is 0.134. The molecule has 1 fully saturated rings. The molecule has 1 N–H and O–H groups in total. The van der Waals surface area contributed by atoms with Gasteiger partial charge >= 0.3 is 0 Å². The Morgan fingerprint density at radius 3 is 2.63 bits per heavy atom. The van der Waals surface area contributed by atoms with Gasteiger partial charge in [-0.15, -0.1) is 0 Å². The number of nitrogens with zero attached hydrogens (tertiary/aromatic N) is 1. The van der Waals surface area contributed by atoms with Gasteiger partial charge in [0.05, 0.1) is 30.8 Å². The number of fused-ring (bicyclic) bond motifs is 1. The number of amides is 1. The normalized spacial score (nSPS) is 15.4. The van der Waals surface area contributed by atoms with Crippen LogP contribution in [0.15, 0.2) is 52.0 Å². The average molecular weight is 429 g/mol. The van der Waals surface area contributed by atoms with Gasteiger partial charge in [-0.1, -0.05) is 18.2 Å². The molecule has 158 valence electrons. The summed E-state index contributed by atoms with van der Waals surface area (Å²) in [5.41, 5.74) is 3.70. The summed E-state index contributed by atoms with van der Waals surface area (Å²) in [5.74, 6) is -0.239. The maximum atomic E-state index is 13.0. The van der Waals surface area contributed by atoms with E-state index >= 15 is 0 Å². The van der Waals surface area contributed by atoms with Crippen LogP contribution in [0.25, 0.3) is 11.0 Å². The smallest absolute Gasteiger partial charge is 0.243 e. The van der Waals surface area contributed by atoms with E-state index in [4.69, 9.17) is 9.15 Å². The molecule has 2 heterocycles. The van der Waals surface area contributed by atoms with E-state index in [2.05, 4.69) is 5.32 Å². The minimum Gasteiger partial charge on any atom is -0.464 e. The number of hydrogen-bond acceptors (Lipinski definition) is 5. The van der Waals surface area contributed by atoms with Crippen LogP contribution in [0, 0.1) is 13.8 Å². The molecule has 2 aromatic carbocycles. The first-order valence-corrected chi connectivity index (χ1v) is 11.2. The van der Waals surface area contributed by atoms with E-state index in [0.717, 1.165) is 22.1 Å². The van der Waals surface area contributed by atoms with E-state index in [1.165, 1.54) is 10.4 Å². The molecule has 1 aromatic heterocycles. The molecule has 1 saturated heterocycles. The molecule has 1 aliphatic heterocycles. The largest absolute Gasteiger partial charge is 0.464 e. The van der Waals surface area contributed by atoms with Crippen molar-refractivity contribution in [3.8, 4) is 0 Å². The standard InChI is InChI=1S/C22H24N2O5S/c1-15-3-6-19-17(14-29-20(19)11-15)12-22(25)23-18-5-4-16(2)21(13-18)30(26,27)24-7-9-28-10-8-24/h3-6,11,13-14H,7-10,12H2,1-2H3,(H,23,25). The lowest BCUT2D eigenvalue weighted by atomic mass is 10.1. The van der Waals surface area contributed by atoms with E-state index in [1.807, 2.05) is 25.1 Å². The zero-order valence-corrected chi connectivity index (χ0v) is 17.8. The van der Waals surface area contributed by atoms with Gasteiger partial charge in [0.1, 0.15) is 5.58 Å². The van der Waals surface area contributed by atoms with Crippen molar-refractivity contribution in [2.24, 2.45) is 0 Å². The lowest BCUT2D eigenvalue weighted by molar-refractivity contribution is -0.115. The highest BCUT2D eigenvalue weighted by Crippen LogP contribution is 2.26. The first-order chi connectivity index (χ1) is 14.3. The van der Waals surface area contributed by atoms with E-state index in [1.54, 1.807) is 25.3 Å². The molecule has 7 nitrogen and oxygen atoms in total. The van der Waals surface area contributed by atoms with Gasteiger partial charge in [-0.2, -0.15) is 4.31 Å². The van der Waals surface area contributed by atoms with Gasteiger partial charge in [-0.3, -0.25) is 4.79 Å². The molecule has 0 spiro atoms. The monoisotopic (exact) mass is 428 g/mol. The Bertz CT molecular complexity index is 1190. The second-order valence-electron chi connectivity index (χ2n) is 7.48. The van der Waals surface area contributed by atoms with Crippen LogP contribution in [-0.4, -0.2) is 44.9 Å². The maximum absolute atomic E-state index is 13.0. The lowest BCUT2D eigenvalue weighted by Crippen LogP contribution is -2.40. The molecule has 1 aliphatic rings. The Balaban J connectivity index is 1.53. The number of anilines is 1. The van der Waals surface area contributed by atoms with Crippen LogP contribution in [0.3, 0.4) is 0 Å². The molecular weight excluding hydrogens is 404 g/mol. The van der Waals surface area contributed by atoms with Gasteiger partial charge in [-0.25, -0.2) is 8.42 Å². The Kier molecular flexibility index (Phi) is 5.64. The van der Waals surface area contributed by atoms with Crippen LogP contribution in [0.1, 0.15) is 16.7 Å². The molecule has 0 atom stereocenters. The number of aryl methyl sites for hydroxylation is 2. The Morgan fingerprint density at radius 2 is 1.87 bits per heavy atom. The summed E-state index contributed by atoms with van der Waals surface area (Å²) < 4.78 is 38.3. The molecule has 0 radical (unpaired) electrons. The average Bonchev–Trinajstić information content (AvgIpc) is 3.11. The van der Waals surface area contributed by atoms with Crippen molar-refractivity contribution >= 4 is 32.6 Å². The number of morpholine rings is 1. The third-order valence-electron chi connectivity index (χ3n) is 5.22. The number of carbonyl (C=O) groups is 1. The Labute approximate surface area is 175 Å². The van der Waals surface area contributed by atoms with Gasteiger partial charge in [0.2, 0.25) is 15.9 Å². The van der Waals surface area contributed by atoms with Crippen LogP contribution < -0.4 is 5.32 Å². The first kappa shape index (κ1) is 20.6. The van der Waals surface area contributed by atoms with E-state index in [0.29, 0.717) is 37.6 Å². The summed E-state index contributed by atoms with van der Waals surface area (Å²) in [6.45, 7) is 5.14. The third kappa shape index (κ3) is 4.12. The predicted molar refractivity (Wildman–Crippen MR) is 114 cm³/mol. The summed E-state index contributed by atoms with van der Waals surface area (Å²) >= 11 is 0. The topological polar surface area (TPSA) is 88.9 Å². The van der Waals surface area contributed by atoms with Gasteiger partial charge in [-0.05, 0) is 43.2 Å². The van der Waals surface area contributed by atoms with Gasteiger partial charge < -0.3 is 14.5 Å². The first-order valence-electron chi connectivity index (χ1n) is 9.80. The Morgan fingerprint density at radius 1 is 1.10 bits per heavy atom. The van der Waals surface area contributed by atoms with E-state index in [-0.39, 0.29) is 17.2 Å². The van der Waals surface area contributed by atoms with Gasteiger partial charge in [0, 0.05) is 29.7 Å². The summed E-state index contributed by atoms with van der Waals surface area (Å²) in [7, 11) is -3.65. The molecule has 4 rings (SSSR count). The maximum Gasteiger partial charge on any atom is 0.243 e. The Hall–Kier alpha value is -2.68. The zero-order valence-electron chi connectivity index (χ0n) is 17.0. The van der Waals surface area contributed by atoms with Gasteiger partial charge in [0.25, 0.3) is 0 Å². The molecule has 0 aliphatic carbocycles. The minimum atomic E-state index is -3.65. The molecule has 0 saturated carbocycles. The molecule has 1 amide bonds. The van der Waals surface area contributed by atoms with Crippen molar-refractivity contribution in [1.29, 1.82) is 0 Å². The number of benzene rings is 2. The van der Waals surface area contributed by atoms with Crippen LogP contribution >= 0.6 is 0 Å². The molecule has 30 heavy (non-hydrogen) atoms. The fraction of sp³-hybridized carbons (Fsp3) is 0.318. The highest BCUT2D eigenvalue weighted by atomic mass is 32.2. The van der Waals surface area contributed by atoms with Crippen molar-refractivity contribution in [3.63, 3.8) is 0 Å². The lowest BCUT2D eigenvalue weighted by Gasteiger charge is -2.26. The number of nitrogens with one attached hydrogen (secondary N) is 1. The molecule has 8 heteroatoms. The van der Waals surface area contributed by atoms with Crippen LogP contribution in [0.2, 0.25) is 0 Å². The van der Waals surface area contributed by atoms with Crippen molar-refractivity contribution in [2.75, 3.05) is 31.6 Å². The molecular formula is C22H24N2O5S. The second kappa shape index (κ2) is 8.22.